The van der Waals surface area contributed by atoms with Gasteiger partial charge in [0.15, 0.2) is 0 Å². The first-order valence-electron chi connectivity index (χ1n) is 10.9. The number of fused-ring (bicyclic) bond motifs is 1. The lowest BCUT2D eigenvalue weighted by molar-refractivity contribution is 0.200. The molecule has 1 heterocycles. The van der Waals surface area contributed by atoms with E-state index in [-0.39, 0.29) is 18.0 Å². The Morgan fingerprint density at radius 3 is 2.70 bits per heavy atom. The molecule has 0 unspecified atom stereocenters. The van der Waals surface area contributed by atoms with Crippen LogP contribution in [0, 0.1) is 0 Å². The van der Waals surface area contributed by atoms with E-state index in [0.717, 1.165) is 43.3 Å². The van der Waals surface area contributed by atoms with E-state index in [9.17, 15) is 9.59 Å². The second-order valence-corrected chi connectivity index (χ2v) is 7.71. The number of benzene rings is 2. The van der Waals surface area contributed by atoms with Gasteiger partial charge in [-0.15, -0.1) is 12.4 Å². The van der Waals surface area contributed by atoms with Crippen LogP contribution in [0.4, 0.5) is 4.79 Å². The first-order valence-corrected chi connectivity index (χ1v) is 10.9. The van der Waals surface area contributed by atoms with Gasteiger partial charge < -0.3 is 24.1 Å². The van der Waals surface area contributed by atoms with Gasteiger partial charge in [0.05, 0.1) is 6.61 Å². The maximum atomic E-state index is 11.8. The molecule has 7 nitrogen and oxygen atoms in total. The largest absolute Gasteiger partial charge is 0.493 e. The monoisotopic (exact) mass is 474 g/mol. The summed E-state index contributed by atoms with van der Waals surface area (Å²) in [5, 5.41) is 3.61. The van der Waals surface area contributed by atoms with Gasteiger partial charge in [0.2, 0.25) is 0 Å². The Balaban J connectivity index is 0.00000385. The maximum Gasteiger partial charge on any atom is 0.412 e. The maximum absolute atomic E-state index is 11.8. The lowest BCUT2D eigenvalue weighted by Gasteiger charge is -2.17. The van der Waals surface area contributed by atoms with Crippen molar-refractivity contribution in [3.05, 3.63) is 70.6 Å². The Bertz CT molecular complexity index is 1090. The van der Waals surface area contributed by atoms with E-state index in [1.807, 2.05) is 37.4 Å². The lowest BCUT2D eigenvalue weighted by Crippen LogP contribution is -2.27. The summed E-state index contributed by atoms with van der Waals surface area (Å²) >= 11 is 0. The van der Waals surface area contributed by atoms with E-state index < -0.39 is 6.09 Å². The summed E-state index contributed by atoms with van der Waals surface area (Å²) in [6.07, 6.45) is 2.37. The highest BCUT2D eigenvalue weighted by atomic mass is 35.5. The molecule has 0 fully saturated rings. The molecule has 0 saturated carbocycles. The zero-order chi connectivity index (χ0) is 22.8. The summed E-state index contributed by atoms with van der Waals surface area (Å²) in [6, 6.07) is 16.2. The number of ether oxygens (including phenoxy) is 2. The normalized spacial score (nSPS) is 10.6. The average Bonchev–Trinajstić information content (AvgIpc) is 2.77. The smallest absolute Gasteiger partial charge is 0.412 e. The first-order chi connectivity index (χ1) is 15.5. The van der Waals surface area contributed by atoms with Gasteiger partial charge in [-0.05, 0) is 55.8 Å². The molecule has 1 aromatic heterocycles. The topological polar surface area (TPSA) is 81.0 Å². The standard InChI is InChI=1S/C25H30N2O5.ClH/c1-3-4-13-26-25(29)31-22-8-5-7-19(16-22)18-27(2)14-6-15-30-21-11-9-20-10-12-24(28)32-23(20)17-21;/h5,7-12,16-17H,3-4,6,13-15,18H2,1-2H3,(H,26,29);1H. The molecule has 2 aromatic carbocycles. The summed E-state index contributed by atoms with van der Waals surface area (Å²) in [6.45, 7) is 4.81. The Kier molecular flexibility index (Phi) is 10.7. The minimum absolute atomic E-state index is 0. The molecule has 8 heteroatoms. The van der Waals surface area contributed by atoms with Crippen molar-refractivity contribution in [2.24, 2.45) is 0 Å². The molecule has 1 amide bonds. The molecule has 3 rings (SSSR count). The number of nitrogens with one attached hydrogen (secondary N) is 1. The van der Waals surface area contributed by atoms with Crippen molar-refractivity contribution in [1.29, 1.82) is 0 Å². The average molecular weight is 475 g/mol. The van der Waals surface area contributed by atoms with Gasteiger partial charge >= 0.3 is 11.7 Å². The van der Waals surface area contributed by atoms with Gasteiger partial charge in [-0.2, -0.15) is 0 Å². The van der Waals surface area contributed by atoms with E-state index in [2.05, 4.69) is 17.1 Å². The van der Waals surface area contributed by atoms with Crippen LogP contribution < -0.4 is 20.4 Å². The van der Waals surface area contributed by atoms with Gasteiger partial charge in [-0.1, -0.05) is 25.5 Å². The Hall–Kier alpha value is -3.03. The van der Waals surface area contributed by atoms with Crippen LogP contribution in [0.3, 0.4) is 0 Å². The number of amides is 1. The first kappa shape index (κ1) is 26.2. The van der Waals surface area contributed by atoms with E-state index in [1.54, 1.807) is 18.2 Å². The number of carbonyl (C=O) groups is 1. The predicted octanol–water partition coefficient (Wildman–Crippen LogP) is 5.00. The summed E-state index contributed by atoms with van der Waals surface area (Å²) in [5.74, 6) is 1.22. The van der Waals surface area contributed by atoms with Crippen LogP contribution in [0.5, 0.6) is 11.5 Å². The summed E-state index contributed by atoms with van der Waals surface area (Å²) < 4.78 is 16.3. The number of rotatable bonds is 11. The van der Waals surface area contributed by atoms with Crippen molar-refractivity contribution in [3.63, 3.8) is 0 Å². The van der Waals surface area contributed by atoms with Crippen LogP contribution in [0.15, 0.2) is 63.8 Å². The minimum atomic E-state index is -0.422. The van der Waals surface area contributed by atoms with Crippen molar-refractivity contribution in [2.75, 3.05) is 26.7 Å². The molecule has 0 aliphatic carbocycles. The second-order valence-electron chi connectivity index (χ2n) is 7.71. The predicted molar refractivity (Wildman–Crippen MR) is 132 cm³/mol. The Morgan fingerprint density at radius 2 is 1.88 bits per heavy atom. The fraction of sp³-hybridized carbons (Fsp3) is 0.360. The number of halogens is 1. The third kappa shape index (κ3) is 8.79. The summed E-state index contributed by atoms with van der Waals surface area (Å²) in [5.41, 5.74) is 1.22. The molecular formula is C25H31ClN2O5. The van der Waals surface area contributed by atoms with Gasteiger partial charge in [-0.25, -0.2) is 9.59 Å². The van der Waals surface area contributed by atoms with Gasteiger partial charge in [0.25, 0.3) is 0 Å². The second kappa shape index (κ2) is 13.5. The van der Waals surface area contributed by atoms with Crippen molar-refractivity contribution in [1.82, 2.24) is 10.2 Å². The Morgan fingerprint density at radius 1 is 1.06 bits per heavy atom. The molecule has 1 N–H and O–H groups in total. The fourth-order valence-corrected chi connectivity index (χ4v) is 3.26. The number of hydrogen-bond acceptors (Lipinski definition) is 6. The Labute approximate surface area is 200 Å². The van der Waals surface area contributed by atoms with Crippen LogP contribution in [-0.2, 0) is 6.54 Å². The zero-order valence-electron chi connectivity index (χ0n) is 19.0. The molecule has 178 valence electrons. The molecule has 3 aromatic rings. The van der Waals surface area contributed by atoms with E-state index in [0.29, 0.717) is 30.2 Å². The molecular weight excluding hydrogens is 444 g/mol. The zero-order valence-corrected chi connectivity index (χ0v) is 19.9. The minimum Gasteiger partial charge on any atom is -0.493 e. The van der Waals surface area contributed by atoms with Crippen LogP contribution >= 0.6 is 12.4 Å². The summed E-state index contributed by atoms with van der Waals surface area (Å²) in [7, 11) is 2.04. The van der Waals surface area contributed by atoms with Crippen molar-refractivity contribution >= 4 is 29.5 Å². The third-order valence-corrected chi connectivity index (χ3v) is 4.91. The quantitative estimate of drug-likeness (QED) is 0.311. The molecule has 0 radical (unpaired) electrons. The molecule has 0 saturated heterocycles. The number of unbranched alkanes of at least 4 members (excludes halogenated alkanes) is 1. The SMILES string of the molecule is CCCCNC(=O)Oc1cccc(CN(C)CCCOc2ccc3ccc(=O)oc3c2)c1.Cl. The van der Waals surface area contributed by atoms with E-state index >= 15 is 0 Å². The van der Waals surface area contributed by atoms with Gasteiger partial charge in [-0.3, -0.25) is 0 Å². The van der Waals surface area contributed by atoms with Crippen molar-refractivity contribution < 1.29 is 18.7 Å². The number of hydrogen-bond donors (Lipinski definition) is 1. The molecule has 33 heavy (non-hydrogen) atoms. The fourth-order valence-electron chi connectivity index (χ4n) is 3.26. The molecule has 0 bridgehead atoms. The van der Waals surface area contributed by atoms with Crippen molar-refractivity contribution in [3.8, 4) is 11.5 Å². The molecule has 0 atom stereocenters. The molecule has 0 spiro atoms. The molecule has 0 aliphatic rings. The number of nitrogens with zero attached hydrogens (tertiary/aromatic N) is 1. The van der Waals surface area contributed by atoms with Crippen LogP contribution in [0.25, 0.3) is 11.0 Å². The highest BCUT2D eigenvalue weighted by Crippen LogP contribution is 2.20. The van der Waals surface area contributed by atoms with E-state index in [4.69, 9.17) is 13.9 Å². The lowest BCUT2D eigenvalue weighted by atomic mass is 10.2. The summed E-state index contributed by atoms with van der Waals surface area (Å²) in [4.78, 5) is 25.4. The molecule has 0 aliphatic heterocycles. The van der Waals surface area contributed by atoms with E-state index in [1.165, 1.54) is 6.07 Å². The highest BCUT2D eigenvalue weighted by molar-refractivity contribution is 5.85. The highest BCUT2D eigenvalue weighted by Gasteiger charge is 2.07. The van der Waals surface area contributed by atoms with Crippen LogP contribution in [0.1, 0.15) is 31.7 Å². The van der Waals surface area contributed by atoms with Gasteiger partial charge in [0.1, 0.15) is 17.1 Å². The van der Waals surface area contributed by atoms with Gasteiger partial charge in [0, 0.05) is 37.2 Å². The van der Waals surface area contributed by atoms with Crippen molar-refractivity contribution in [2.45, 2.75) is 32.7 Å². The number of carbonyl (C=O) groups excluding carboxylic acids is 1. The third-order valence-electron chi connectivity index (χ3n) is 4.91. The van der Waals surface area contributed by atoms with Crippen LogP contribution in [0.2, 0.25) is 0 Å². The van der Waals surface area contributed by atoms with Crippen LogP contribution in [-0.4, -0.2) is 37.7 Å².